The molecule has 2 aromatic heterocycles. The molecule has 0 bridgehead atoms. The van der Waals surface area contributed by atoms with Crippen LogP contribution in [0.2, 0.25) is 0 Å². The number of quaternary nitrogens is 1. The summed E-state index contributed by atoms with van der Waals surface area (Å²) in [5, 5.41) is 13.5. The molecule has 3 heterocycles. The first-order valence-electron chi connectivity index (χ1n) is 12.5. The second-order valence-corrected chi connectivity index (χ2v) is 9.67. The minimum atomic E-state index is -0.0640. The Bertz CT molecular complexity index is 1410. The molecule has 1 fully saturated rings. The summed E-state index contributed by atoms with van der Waals surface area (Å²) in [5.74, 6) is 1.60. The Balaban J connectivity index is 1.46. The fourth-order valence-electron chi connectivity index (χ4n) is 5.14. The maximum absolute atomic E-state index is 13.1. The molecule has 1 aliphatic heterocycles. The number of nitrogens with one attached hydrogen (secondary N) is 2. The van der Waals surface area contributed by atoms with E-state index in [1.165, 1.54) is 5.56 Å². The van der Waals surface area contributed by atoms with E-state index >= 15 is 0 Å². The summed E-state index contributed by atoms with van der Waals surface area (Å²) in [6.07, 6.45) is 2.22. The van der Waals surface area contributed by atoms with Gasteiger partial charge in [-0.2, -0.15) is 0 Å². The lowest BCUT2D eigenvalue weighted by Gasteiger charge is -2.21. The van der Waals surface area contributed by atoms with Crippen molar-refractivity contribution in [1.29, 1.82) is 0 Å². The van der Waals surface area contributed by atoms with Crippen LogP contribution >= 0.6 is 0 Å². The van der Waals surface area contributed by atoms with Crippen LogP contribution in [0.3, 0.4) is 0 Å². The van der Waals surface area contributed by atoms with E-state index in [1.54, 1.807) is 7.11 Å². The Hall–Kier alpha value is -3.56. The number of aryl methyl sites for hydroxylation is 2. The van der Waals surface area contributed by atoms with Crippen LogP contribution in [-0.2, 0) is 30.9 Å². The van der Waals surface area contributed by atoms with Gasteiger partial charge in [-0.05, 0) is 72.3 Å². The molecular formula is C27H33N6O3+. The number of fused-ring (bicyclic) bond motifs is 1. The van der Waals surface area contributed by atoms with Crippen LogP contribution in [0.15, 0.2) is 47.3 Å². The predicted molar refractivity (Wildman–Crippen MR) is 136 cm³/mol. The number of para-hydroxylation sites is 1. The highest BCUT2D eigenvalue weighted by molar-refractivity contribution is 5.82. The molecule has 0 aliphatic carbocycles. The number of benzene rings is 2. The van der Waals surface area contributed by atoms with E-state index in [2.05, 4.69) is 45.6 Å². The van der Waals surface area contributed by atoms with Crippen molar-refractivity contribution in [1.82, 2.24) is 25.2 Å². The summed E-state index contributed by atoms with van der Waals surface area (Å²) in [6, 6.07) is 14.2. The summed E-state index contributed by atoms with van der Waals surface area (Å²) >= 11 is 0. The van der Waals surface area contributed by atoms with Gasteiger partial charge in [0.05, 0.1) is 30.8 Å². The van der Waals surface area contributed by atoms with Crippen LogP contribution in [0.5, 0.6) is 5.75 Å². The standard InChI is InChI=1S/C27H32N6O3/c1-18-11-19(2)26-21(12-18)13-22(27(34)28-26)15-32(14-20-7-4-5-9-24(20)35-3)17-25-29-30-31-33(25)16-23-8-6-10-36-23/h4-5,7,9,11-13,23H,6,8,10,14-17H2,1-3H3,(H,28,34)/p+1/t23-/m1/s1. The summed E-state index contributed by atoms with van der Waals surface area (Å²) in [4.78, 5) is 17.4. The first kappa shape index (κ1) is 24.1. The maximum atomic E-state index is 13.1. The second kappa shape index (κ2) is 10.6. The molecular weight excluding hydrogens is 456 g/mol. The van der Waals surface area contributed by atoms with E-state index in [1.807, 2.05) is 35.9 Å². The number of hydrogen-bond donors (Lipinski definition) is 2. The van der Waals surface area contributed by atoms with Crippen LogP contribution in [0.1, 0.15) is 40.9 Å². The molecule has 0 spiro atoms. The van der Waals surface area contributed by atoms with Crippen molar-refractivity contribution in [3.05, 3.63) is 80.9 Å². The molecule has 4 aromatic rings. The number of rotatable bonds is 9. The van der Waals surface area contributed by atoms with Gasteiger partial charge in [0.1, 0.15) is 25.4 Å². The van der Waals surface area contributed by atoms with Crippen LogP contribution in [0.4, 0.5) is 0 Å². The van der Waals surface area contributed by atoms with Gasteiger partial charge >= 0.3 is 0 Å². The Morgan fingerprint density at radius 2 is 1.97 bits per heavy atom. The largest absolute Gasteiger partial charge is 0.496 e. The fraction of sp³-hybridized carbons (Fsp3) is 0.407. The molecule has 0 saturated carbocycles. The van der Waals surface area contributed by atoms with Crippen LogP contribution < -0.4 is 15.2 Å². The summed E-state index contributed by atoms with van der Waals surface area (Å²) in [5.41, 5.74) is 4.87. The third-order valence-electron chi connectivity index (χ3n) is 6.86. The van der Waals surface area contributed by atoms with E-state index < -0.39 is 0 Å². The number of aromatic nitrogens is 5. The fourth-order valence-corrected chi connectivity index (χ4v) is 5.14. The zero-order valence-corrected chi connectivity index (χ0v) is 21.1. The molecule has 5 rings (SSSR count). The Labute approximate surface area is 210 Å². The van der Waals surface area contributed by atoms with Gasteiger partial charge in [0, 0.05) is 12.2 Å². The quantitative estimate of drug-likeness (QED) is 0.374. The lowest BCUT2D eigenvalue weighted by atomic mass is 10.0. The minimum absolute atomic E-state index is 0.0640. The smallest absolute Gasteiger partial charge is 0.257 e. The van der Waals surface area contributed by atoms with E-state index in [0.717, 1.165) is 63.5 Å². The van der Waals surface area contributed by atoms with Gasteiger partial charge in [0.2, 0.25) is 5.82 Å². The molecule has 2 aromatic carbocycles. The molecule has 0 radical (unpaired) electrons. The van der Waals surface area contributed by atoms with Gasteiger partial charge in [-0.15, -0.1) is 5.10 Å². The summed E-state index contributed by atoms with van der Waals surface area (Å²) < 4.78 is 13.2. The molecule has 2 N–H and O–H groups in total. The Morgan fingerprint density at radius 1 is 1.14 bits per heavy atom. The van der Waals surface area contributed by atoms with Gasteiger partial charge < -0.3 is 19.4 Å². The molecule has 9 heteroatoms. The number of pyridine rings is 1. The molecule has 9 nitrogen and oxygen atoms in total. The number of methoxy groups -OCH3 is 1. The number of hydrogen-bond acceptors (Lipinski definition) is 6. The molecule has 36 heavy (non-hydrogen) atoms. The van der Waals surface area contributed by atoms with Crippen molar-refractivity contribution >= 4 is 10.9 Å². The molecule has 0 amide bonds. The van der Waals surface area contributed by atoms with Crippen LogP contribution in [0, 0.1) is 13.8 Å². The average Bonchev–Trinajstić information content (AvgIpc) is 3.53. The van der Waals surface area contributed by atoms with Gasteiger partial charge in [-0.25, -0.2) is 4.68 Å². The number of aromatic amines is 1. The lowest BCUT2D eigenvalue weighted by Crippen LogP contribution is -3.08. The number of tetrazole rings is 1. The van der Waals surface area contributed by atoms with Crippen molar-refractivity contribution in [2.24, 2.45) is 0 Å². The van der Waals surface area contributed by atoms with E-state index in [4.69, 9.17) is 9.47 Å². The molecule has 1 saturated heterocycles. The molecule has 1 unspecified atom stereocenters. The first-order chi connectivity index (χ1) is 17.5. The van der Waals surface area contributed by atoms with E-state index in [0.29, 0.717) is 26.2 Å². The topological polar surface area (TPSA) is 99.4 Å². The van der Waals surface area contributed by atoms with E-state index in [-0.39, 0.29) is 11.7 Å². The van der Waals surface area contributed by atoms with Gasteiger partial charge in [0.15, 0.2) is 0 Å². The zero-order valence-electron chi connectivity index (χ0n) is 21.1. The molecule has 188 valence electrons. The Morgan fingerprint density at radius 3 is 2.78 bits per heavy atom. The third kappa shape index (κ3) is 5.32. The molecule has 2 atom stereocenters. The average molecular weight is 490 g/mol. The first-order valence-corrected chi connectivity index (χ1v) is 12.5. The van der Waals surface area contributed by atoms with Gasteiger partial charge in [-0.3, -0.25) is 4.79 Å². The van der Waals surface area contributed by atoms with Crippen molar-refractivity contribution in [3.8, 4) is 5.75 Å². The van der Waals surface area contributed by atoms with Crippen molar-refractivity contribution in [3.63, 3.8) is 0 Å². The van der Waals surface area contributed by atoms with Crippen molar-refractivity contribution < 1.29 is 14.4 Å². The summed E-state index contributed by atoms with van der Waals surface area (Å²) in [6.45, 7) is 7.26. The van der Waals surface area contributed by atoms with Crippen LogP contribution in [-0.4, -0.2) is 45.0 Å². The highest BCUT2D eigenvalue weighted by Gasteiger charge is 2.23. The van der Waals surface area contributed by atoms with Gasteiger partial charge in [-0.1, -0.05) is 23.8 Å². The minimum Gasteiger partial charge on any atom is -0.496 e. The lowest BCUT2D eigenvalue weighted by molar-refractivity contribution is -0.942. The van der Waals surface area contributed by atoms with Crippen LogP contribution in [0.25, 0.3) is 10.9 Å². The normalized spacial score (nSPS) is 16.5. The highest BCUT2D eigenvalue weighted by atomic mass is 16.5. The Kier molecular flexibility index (Phi) is 7.11. The SMILES string of the molecule is COc1ccccc1C[NH+](Cc1cc2cc(C)cc(C)c2[nH]c1=O)Cc1nnnn1C[C@H]1CCCO1. The monoisotopic (exact) mass is 489 g/mol. The number of ether oxygens (including phenoxy) is 2. The molecule has 1 aliphatic rings. The number of nitrogens with zero attached hydrogens (tertiary/aromatic N) is 4. The number of H-pyrrole nitrogens is 1. The summed E-state index contributed by atoms with van der Waals surface area (Å²) in [7, 11) is 1.68. The third-order valence-corrected chi connectivity index (χ3v) is 6.86. The van der Waals surface area contributed by atoms with Crippen molar-refractivity contribution in [2.75, 3.05) is 13.7 Å². The van der Waals surface area contributed by atoms with E-state index in [9.17, 15) is 4.79 Å². The predicted octanol–water partition coefficient (Wildman–Crippen LogP) is 2.10. The maximum Gasteiger partial charge on any atom is 0.257 e. The second-order valence-electron chi connectivity index (χ2n) is 9.67. The highest BCUT2D eigenvalue weighted by Crippen LogP contribution is 2.19. The zero-order chi connectivity index (χ0) is 25.1. The van der Waals surface area contributed by atoms with Crippen molar-refractivity contribution in [2.45, 2.75) is 59.0 Å². The van der Waals surface area contributed by atoms with Gasteiger partial charge in [0.25, 0.3) is 5.56 Å².